The van der Waals surface area contributed by atoms with Crippen molar-refractivity contribution in [2.24, 2.45) is 0 Å². The molecule has 24 heavy (non-hydrogen) atoms. The van der Waals surface area contributed by atoms with Crippen LogP contribution < -0.4 is 10.6 Å². The largest absolute Gasteiger partial charge is 0.376 e. The van der Waals surface area contributed by atoms with E-state index in [4.69, 9.17) is 0 Å². The lowest BCUT2D eigenvalue weighted by molar-refractivity contribution is -0.114. The standard InChI is InChI=1S/C19H24BrN3O/c1-3-23(4-2)14-15-7-5-6-8-18(15)21-13-19(24)22-17-11-9-16(20)10-12-17/h5-12,21H,3-4,13-14H2,1-2H3,(H,22,24). The lowest BCUT2D eigenvalue weighted by Gasteiger charge is -2.20. The van der Waals surface area contributed by atoms with Gasteiger partial charge in [0.25, 0.3) is 0 Å². The maximum absolute atomic E-state index is 12.1. The van der Waals surface area contributed by atoms with Gasteiger partial charge in [-0.2, -0.15) is 0 Å². The van der Waals surface area contributed by atoms with E-state index in [1.165, 1.54) is 5.56 Å². The van der Waals surface area contributed by atoms with Gasteiger partial charge in [0.05, 0.1) is 6.54 Å². The SMILES string of the molecule is CCN(CC)Cc1ccccc1NCC(=O)Nc1ccc(Br)cc1. The van der Waals surface area contributed by atoms with E-state index < -0.39 is 0 Å². The second-order valence-corrected chi connectivity index (χ2v) is 6.44. The number of carbonyl (C=O) groups is 1. The first-order chi connectivity index (χ1) is 11.6. The molecule has 0 saturated heterocycles. The minimum atomic E-state index is -0.0602. The number of halogens is 1. The van der Waals surface area contributed by atoms with E-state index in [1.807, 2.05) is 42.5 Å². The topological polar surface area (TPSA) is 44.4 Å². The summed E-state index contributed by atoms with van der Waals surface area (Å²) in [5, 5.41) is 6.14. The van der Waals surface area contributed by atoms with Crippen LogP contribution in [0.3, 0.4) is 0 Å². The number of benzene rings is 2. The third-order valence-corrected chi connectivity index (χ3v) is 4.40. The number of nitrogens with zero attached hydrogens (tertiary/aromatic N) is 1. The third-order valence-electron chi connectivity index (χ3n) is 3.87. The van der Waals surface area contributed by atoms with E-state index in [1.54, 1.807) is 0 Å². The van der Waals surface area contributed by atoms with Gasteiger partial charge in [0.2, 0.25) is 5.91 Å². The fraction of sp³-hybridized carbons (Fsp3) is 0.316. The van der Waals surface area contributed by atoms with Crippen molar-refractivity contribution in [1.82, 2.24) is 4.90 Å². The van der Waals surface area contributed by atoms with E-state index >= 15 is 0 Å². The summed E-state index contributed by atoms with van der Waals surface area (Å²) in [7, 11) is 0. The van der Waals surface area contributed by atoms with E-state index in [0.29, 0.717) is 0 Å². The van der Waals surface area contributed by atoms with E-state index in [2.05, 4.69) is 51.4 Å². The molecule has 2 aromatic carbocycles. The summed E-state index contributed by atoms with van der Waals surface area (Å²) in [6.45, 7) is 7.45. The Morgan fingerprint density at radius 3 is 2.38 bits per heavy atom. The van der Waals surface area contributed by atoms with Gasteiger partial charge in [-0.1, -0.05) is 48.0 Å². The van der Waals surface area contributed by atoms with Gasteiger partial charge in [-0.15, -0.1) is 0 Å². The summed E-state index contributed by atoms with van der Waals surface area (Å²) in [5.74, 6) is -0.0602. The summed E-state index contributed by atoms with van der Waals surface area (Å²) >= 11 is 3.38. The maximum Gasteiger partial charge on any atom is 0.243 e. The minimum Gasteiger partial charge on any atom is -0.376 e. The van der Waals surface area contributed by atoms with Crippen molar-refractivity contribution < 1.29 is 4.79 Å². The van der Waals surface area contributed by atoms with Crippen LogP contribution in [0.5, 0.6) is 0 Å². The summed E-state index contributed by atoms with van der Waals surface area (Å²) in [6, 6.07) is 15.7. The van der Waals surface area contributed by atoms with Crippen LogP contribution in [-0.2, 0) is 11.3 Å². The number of rotatable bonds is 8. The zero-order chi connectivity index (χ0) is 17.4. The van der Waals surface area contributed by atoms with Crippen LogP contribution in [0.25, 0.3) is 0 Å². The molecule has 2 N–H and O–H groups in total. The Morgan fingerprint density at radius 2 is 1.71 bits per heavy atom. The van der Waals surface area contributed by atoms with Crippen LogP contribution in [0.1, 0.15) is 19.4 Å². The lowest BCUT2D eigenvalue weighted by Crippen LogP contribution is -2.25. The molecule has 0 saturated carbocycles. The average Bonchev–Trinajstić information content (AvgIpc) is 2.60. The Kier molecular flexibility index (Phi) is 7.28. The molecule has 0 aliphatic heterocycles. The molecule has 0 spiro atoms. The molecule has 5 heteroatoms. The molecular weight excluding hydrogens is 366 g/mol. The van der Waals surface area contributed by atoms with Crippen molar-refractivity contribution in [2.45, 2.75) is 20.4 Å². The highest BCUT2D eigenvalue weighted by Gasteiger charge is 2.08. The van der Waals surface area contributed by atoms with Gasteiger partial charge < -0.3 is 10.6 Å². The van der Waals surface area contributed by atoms with Gasteiger partial charge in [0, 0.05) is 22.4 Å². The number of amides is 1. The number of hydrogen-bond donors (Lipinski definition) is 2. The number of anilines is 2. The molecule has 4 nitrogen and oxygen atoms in total. The molecule has 0 atom stereocenters. The predicted molar refractivity (Wildman–Crippen MR) is 104 cm³/mol. The molecule has 0 unspecified atom stereocenters. The summed E-state index contributed by atoms with van der Waals surface area (Å²) in [5.41, 5.74) is 3.01. The summed E-state index contributed by atoms with van der Waals surface area (Å²) < 4.78 is 0.990. The van der Waals surface area contributed by atoms with Crippen molar-refractivity contribution >= 4 is 33.2 Å². The smallest absolute Gasteiger partial charge is 0.243 e. The van der Waals surface area contributed by atoms with Crippen molar-refractivity contribution in [2.75, 3.05) is 30.3 Å². The molecule has 1 amide bonds. The predicted octanol–water partition coefficient (Wildman–Crippen LogP) is 4.34. The number of hydrogen-bond acceptors (Lipinski definition) is 3. The molecular formula is C19H24BrN3O. The first-order valence-corrected chi connectivity index (χ1v) is 9.01. The zero-order valence-electron chi connectivity index (χ0n) is 14.2. The quantitative estimate of drug-likeness (QED) is 0.705. The first kappa shape index (κ1) is 18.5. The van der Waals surface area contributed by atoms with Crippen LogP contribution in [-0.4, -0.2) is 30.4 Å². The van der Waals surface area contributed by atoms with Crippen LogP contribution in [0.2, 0.25) is 0 Å². The number of carbonyl (C=O) groups excluding carboxylic acids is 1. The van der Waals surface area contributed by atoms with Gasteiger partial charge in [0.15, 0.2) is 0 Å². The molecule has 128 valence electrons. The Labute approximate surface area is 152 Å². The maximum atomic E-state index is 12.1. The minimum absolute atomic E-state index is 0.0602. The molecule has 0 aliphatic rings. The fourth-order valence-electron chi connectivity index (χ4n) is 2.43. The highest BCUT2D eigenvalue weighted by Crippen LogP contribution is 2.17. The highest BCUT2D eigenvalue weighted by molar-refractivity contribution is 9.10. The van der Waals surface area contributed by atoms with Crippen molar-refractivity contribution in [1.29, 1.82) is 0 Å². The second kappa shape index (κ2) is 9.45. The molecule has 0 aliphatic carbocycles. The van der Waals surface area contributed by atoms with Gasteiger partial charge in [-0.25, -0.2) is 0 Å². The third kappa shape index (κ3) is 5.65. The van der Waals surface area contributed by atoms with Gasteiger partial charge in [0.1, 0.15) is 0 Å². The van der Waals surface area contributed by atoms with Crippen LogP contribution in [0, 0.1) is 0 Å². The molecule has 2 rings (SSSR count). The van der Waals surface area contributed by atoms with Crippen LogP contribution >= 0.6 is 15.9 Å². The molecule has 0 radical (unpaired) electrons. The molecule has 0 heterocycles. The Bertz CT molecular complexity index is 654. The second-order valence-electron chi connectivity index (χ2n) is 5.53. The van der Waals surface area contributed by atoms with Gasteiger partial charge >= 0.3 is 0 Å². The average molecular weight is 390 g/mol. The lowest BCUT2D eigenvalue weighted by atomic mass is 10.1. The first-order valence-electron chi connectivity index (χ1n) is 8.22. The Balaban J connectivity index is 1.93. The van der Waals surface area contributed by atoms with E-state index in [0.717, 1.165) is 35.5 Å². The molecule has 2 aromatic rings. The summed E-state index contributed by atoms with van der Waals surface area (Å²) in [4.78, 5) is 14.5. The molecule has 0 bridgehead atoms. The Morgan fingerprint density at radius 1 is 1.04 bits per heavy atom. The molecule has 0 aromatic heterocycles. The zero-order valence-corrected chi connectivity index (χ0v) is 15.8. The van der Waals surface area contributed by atoms with Crippen molar-refractivity contribution in [3.05, 3.63) is 58.6 Å². The molecule has 0 fully saturated rings. The van der Waals surface area contributed by atoms with Gasteiger partial charge in [-0.3, -0.25) is 9.69 Å². The fourth-order valence-corrected chi connectivity index (χ4v) is 2.70. The number of nitrogens with one attached hydrogen (secondary N) is 2. The van der Waals surface area contributed by atoms with E-state index in [9.17, 15) is 4.79 Å². The summed E-state index contributed by atoms with van der Waals surface area (Å²) in [6.07, 6.45) is 0. The monoisotopic (exact) mass is 389 g/mol. The van der Waals surface area contributed by atoms with Crippen LogP contribution in [0.15, 0.2) is 53.0 Å². The highest BCUT2D eigenvalue weighted by atomic mass is 79.9. The Hall–Kier alpha value is -1.85. The van der Waals surface area contributed by atoms with Crippen LogP contribution in [0.4, 0.5) is 11.4 Å². The normalized spacial score (nSPS) is 10.7. The van der Waals surface area contributed by atoms with Gasteiger partial charge in [-0.05, 0) is 49.0 Å². The van der Waals surface area contributed by atoms with E-state index in [-0.39, 0.29) is 12.5 Å². The van der Waals surface area contributed by atoms with Crippen molar-refractivity contribution in [3.63, 3.8) is 0 Å². The van der Waals surface area contributed by atoms with Crippen molar-refractivity contribution in [3.8, 4) is 0 Å². The number of para-hydroxylation sites is 1.